The van der Waals surface area contributed by atoms with Crippen LogP contribution in [-0.2, 0) is 21.2 Å². The van der Waals surface area contributed by atoms with E-state index in [0.717, 1.165) is 11.1 Å². The number of aliphatic hydroxyl groups excluding tert-OH is 1. The average molecular weight is 360 g/mol. The fraction of sp³-hybridized carbons (Fsp3) is 0.300. The lowest BCUT2D eigenvalue weighted by Crippen LogP contribution is -2.35. The van der Waals surface area contributed by atoms with Gasteiger partial charge in [-0.25, -0.2) is 8.42 Å². The monoisotopic (exact) mass is 360 g/mol. The van der Waals surface area contributed by atoms with Crippen LogP contribution in [0, 0.1) is 0 Å². The molecule has 4 nitrogen and oxygen atoms in total. The van der Waals surface area contributed by atoms with Crippen molar-refractivity contribution in [1.29, 1.82) is 0 Å². The Bertz CT molecular complexity index is 770. The molecule has 0 aliphatic carbocycles. The molecule has 0 radical (unpaired) electrons. The minimum atomic E-state index is -3.58. The van der Waals surface area contributed by atoms with Crippen LogP contribution in [0.15, 0.2) is 77.7 Å². The van der Waals surface area contributed by atoms with E-state index in [1.54, 1.807) is 18.2 Å². The van der Waals surface area contributed by atoms with E-state index < -0.39 is 22.0 Å². The first-order chi connectivity index (χ1) is 11.9. The third-order valence-corrected chi connectivity index (χ3v) is 5.55. The molecule has 2 aromatic rings. The lowest BCUT2D eigenvalue weighted by molar-refractivity contribution is -0.0358. The van der Waals surface area contributed by atoms with E-state index in [-0.39, 0.29) is 10.6 Å². The van der Waals surface area contributed by atoms with Crippen molar-refractivity contribution in [3.8, 4) is 0 Å². The van der Waals surface area contributed by atoms with E-state index in [9.17, 15) is 13.5 Å². The molecule has 0 saturated heterocycles. The van der Waals surface area contributed by atoms with Crippen molar-refractivity contribution in [2.75, 3.05) is 5.75 Å². The molecule has 2 atom stereocenters. The van der Waals surface area contributed by atoms with Gasteiger partial charge in [-0.2, -0.15) is 0 Å². The second-order valence-corrected chi connectivity index (χ2v) is 8.19. The highest BCUT2D eigenvalue weighted by molar-refractivity contribution is 7.91. The van der Waals surface area contributed by atoms with Gasteiger partial charge in [0.25, 0.3) is 0 Å². The van der Waals surface area contributed by atoms with E-state index in [0.29, 0.717) is 13.0 Å². The lowest BCUT2D eigenvalue weighted by Gasteiger charge is -2.23. The molecule has 5 heteroatoms. The van der Waals surface area contributed by atoms with Crippen molar-refractivity contribution < 1.29 is 18.3 Å². The number of hydrogen-bond acceptors (Lipinski definition) is 4. The maximum atomic E-state index is 12.5. The summed E-state index contributed by atoms with van der Waals surface area (Å²) in [5.41, 5.74) is 1.79. The van der Waals surface area contributed by atoms with Crippen LogP contribution in [0.25, 0.3) is 0 Å². The van der Waals surface area contributed by atoms with Crippen LogP contribution in [0.5, 0.6) is 0 Å². The topological polar surface area (TPSA) is 63.6 Å². The van der Waals surface area contributed by atoms with E-state index in [1.807, 2.05) is 37.3 Å². The highest BCUT2D eigenvalue weighted by atomic mass is 32.2. The number of hydrogen-bond donors (Lipinski definition) is 1. The maximum absolute atomic E-state index is 12.5. The molecular weight excluding hydrogens is 336 g/mol. The fourth-order valence-electron chi connectivity index (χ4n) is 2.48. The van der Waals surface area contributed by atoms with Crippen LogP contribution in [0.4, 0.5) is 0 Å². The zero-order valence-electron chi connectivity index (χ0n) is 14.3. The molecule has 2 aromatic carbocycles. The molecule has 0 spiro atoms. The van der Waals surface area contributed by atoms with E-state index in [1.165, 1.54) is 12.1 Å². The third-order valence-electron chi connectivity index (χ3n) is 3.78. The van der Waals surface area contributed by atoms with Gasteiger partial charge in [0.2, 0.25) is 0 Å². The summed E-state index contributed by atoms with van der Waals surface area (Å²) in [5.74, 6) is -0.385. The summed E-state index contributed by atoms with van der Waals surface area (Å²) in [6.07, 6.45) is -1.36. The van der Waals surface area contributed by atoms with E-state index >= 15 is 0 Å². The Balaban J connectivity index is 2.07. The van der Waals surface area contributed by atoms with E-state index in [2.05, 4.69) is 6.58 Å². The molecule has 2 rings (SSSR count). The largest absolute Gasteiger partial charge is 0.389 e. The minimum Gasteiger partial charge on any atom is -0.389 e. The average Bonchev–Trinajstić information content (AvgIpc) is 2.59. The first kappa shape index (κ1) is 19.4. The number of aliphatic hydroxyl groups is 1. The summed E-state index contributed by atoms with van der Waals surface area (Å²) in [7, 11) is -3.58. The SMILES string of the molecule is C=C(C)CC(OCc1ccccc1)C(O)CS(=O)(=O)c1ccccc1. The zero-order valence-corrected chi connectivity index (χ0v) is 15.2. The van der Waals surface area contributed by atoms with Gasteiger partial charge in [0, 0.05) is 0 Å². The standard InChI is InChI=1S/C20H24O4S/c1-16(2)13-20(24-14-17-9-5-3-6-10-17)19(21)15-25(22,23)18-11-7-4-8-12-18/h3-12,19-21H,1,13-15H2,2H3. The summed E-state index contributed by atoms with van der Waals surface area (Å²) in [6, 6.07) is 17.7. The number of rotatable bonds is 9. The van der Waals surface area contributed by atoms with Crippen molar-refractivity contribution in [3.63, 3.8) is 0 Å². The second-order valence-electron chi connectivity index (χ2n) is 6.16. The number of sulfone groups is 1. The maximum Gasteiger partial charge on any atom is 0.181 e. The summed E-state index contributed by atoms with van der Waals surface area (Å²) in [5, 5.41) is 10.5. The Morgan fingerprint density at radius 1 is 1.08 bits per heavy atom. The molecule has 1 N–H and O–H groups in total. The molecular formula is C20H24O4S. The van der Waals surface area contributed by atoms with E-state index in [4.69, 9.17) is 4.74 Å². The van der Waals surface area contributed by atoms with Crippen molar-refractivity contribution in [2.24, 2.45) is 0 Å². The molecule has 2 unspecified atom stereocenters. The quantitative estimate of drug-likeness (QED) is 0.697. The zero-order chi connectivity index (χ0) is 18.3. The molecule has 0 amide bonds. The van der Waals surface area contributed by atoms with Crippen LogP contribution >= 0.6 is 0 Å². The molecule has 0 saturated carbocycles. The second kappa shape index (κ2) is 8.94. The Hall–Kier alpha value is -1.95. The normalized spacial score (nSPS) is 14.0. The first-order valence-electron chi connectivity index (χ1n) is 8.14. The van der Waals surface area contributed by atoms with Gasteiger partial charge in [0.1, 0.15) is 0 Å². The minimum absolute atomic E-state index is 0.200. The summed E-state index contributed by atoms with van der Waals surface area (Å²) < 4.78 is 30.7. The third kappa shape index (κ3) is 6.12. The van der Waals surface area contributed by atoms with Gasteiger partial charge in [-0.3, -0.25) is 0 Å². The highest BCUT2D eigenvalue weighted by Crippen LogP contribution is 2.18. The number of benzene rings is 2. The van der Waals surface area contributed by atoms with Crippen LogP contribution < -0.4 is 0 Å². The smallest absolute Gasteiger partial charge is 0.181 e. The molecule has 0 aliphatic heterocycles. The van der Waals surface area contributed by atoms with Crippen LogP contribution in [0.3, 0.4) is 0 Å². The van der Waals surface area contributed by atoms with Gasteiger partial charge in [-0.15, -0.1) is 6.58 Å². The molecule has 0 bridgehead atoms. The highest BCUT2D eigenvalue weighted by Gasteiger charge is 2.27. The van der Waals surface area contributed by atoms with Crippen LogP contribution in [0.1, 0.15) is 18.9 Å². The van der Waals surface area contributed by atoms with Gasteiger partial charge < -0.3 is 9.84 Å². The van der Waals surface area contributed by atoms with Crippen molar-refractivity contribution >= 4 is 9.84 Å². The lowest BCUT2D eigenvalue weighted by atomic mass is 10.1. The van der Waals surface area contributed by atoms with Crippen LogP contribution in [0.2, 0.25) is 0 Å². The van der Waals surface area contributed by atoms with Crippen LogP contribution in [-0.4, -0.2) is 31.5 Å². The van der Waals surface area contributed by atoms with Gasteiger partial charge in [-0.05, 0) is 31.0 Å². The van der Waals surface area contributed by atoms with Crippen molar-refractivity contribution in [1.82, 2.24) is 0 Å². The predicted octanol–water partition coefficient (Wildman–Crippen LogP) is 3.37. The van der Waals surface area contributed by atoms with Gasteiger partial charge >= 0.3 is 0 Å². The summed E-state index contributed by atoms with van der Waals surface area (Å²) in [6.45, 7) is 5.98. The number of ether oxygens (including phenoxy) is 1. The van der Waals surface area contributed by atoms with Gasteiger partial charge in [0.05, 0.1) is 29.5 Å². The molecule has 0 aliphatic rings. The molecule has 0 aromatic heterocycles. The molecule has 0 heterocycles. The summed E-state index contributed by atoms with van der Waals surface area (Å²) >= 11 is 0. The van der Waals surface area contributed by atoms with Gasteiger partial charge in [-0.1, -0.05) is 54.1 Å². The molecule has 134 valence electrons. The predicted molar refractivity (Wildman–Crippen MR) is 99.0 cm³/mol. The Morgan fingerprint density at radius 2 is 1.64 bits per heavy atom. The Kier molecular flexibility index (Phi) is 6.93. The fourth-order valence-corrected chi connectivity index (χ4v) is 3.91. The summed E-state index contributed by atoms with van der Waals surface area (Å²) in [4.78, 5) is 0.200. The van der Waals surface area contributed by atoms with Gasteiger partial charge in [0.15, 0.2) is 9.84 Å². The van der Waals surface area contributed by atoms with Crippen molar-refractivity contribution in [2.45, 2.75) is 37.1 Å². The Morgan fingerprint density at radius 3 is 2.20 bits per heavy atom. The van der Waals surface area contributed by atoms with Crippen molar-refractivity contribution in [3.05, 3.63) is 78.4 Å². The molecule has 0 fully saturated rings. The first-order valence-corrected chi connectivity index (χ1v) is 9.79. The Labute approximate surface area is 149 Å². The molecule has 25 heavy (non-hydrogen) atoms.